The third kappa shape index (κ3) is 4.71. The highest BCUT2D eigenvalue weighted by Crippen LogP contribution is 2.36. The zero-order chi connectivity index (χ0) is 20.1. The number of benzene rings is 2. The van der Waals surface area contributed by atoms with Crippen molar-refractivity contribution in [3.05, 3.63) is 48.5 Å². The molecule has 0 aliphatic heterocycles. The van der Waals surface area contributed by atoms with Crippen molar-refractivity contribution >= 4 is 11.6 Å². The molecule has 29 heavy (non-hydrogen) atoms. The van der Waals surface area contributed by atoms with Crippen molar-refractivity contribution < 1.29 is 14.3 Å². The lowest BCUT2D eigenvalue weighted by molar-refractivity contribution is -0.118. The summed E-state index contributed by atoms with van der Waals surface area (Å²) in [7, 11) is 0. The normalized spacial score (nSPS) is 13.1. The minimum absolute atomic E-state index is 0.115. The minimum atomic E-state index is -0.255. The van der Waals surface area contributed by atoms with Crippen LogP contribution in [0.5, 0.6) is 11.5 Å². The molecule has 1 aromatic heterocycles. The molecule has 0 bridgehead atoms. The molecule has 1 fully saturated rings. The summed E-state index contributed by atoms with van der Waals surface area (Å²) in [5.41, 5.74) is 1.52. The monoisotopic (exact) mass is 393 g/mol. The predicted molar refractivity (Wildman–Crippen MR) is 108 cm³/mol. The van der Waals surface area contributed by atoms with Gasteiger partial charge in [0.25, 0.3) is 5.91 Å². The largest absolute Gasteiger partial charge is 0.490 e. The molecule has 0 spiro atoms. The standard InChI is InChI=1S/C21H23N5O3/c1-2-12-28-18-8-3-4-9-19(18)29-14-20(27)22-16-7-5-6-15(13-16)21-23-24-25-26(21)17-10-11-17/h3-9,13,17H,2,10-12,14H2,1H3,(H,22,27). The first-order chi connectivity index (χ1) is 14.2. The highest BCUT2D eigenvalue weighted by atomic mass is 16.5. The van der Waals surface area contributed by atoms with Crippen LogP contribution in [0.3, 0.4) is 0 Å². The van der Waals surface area contributed by atoms with Gasteiger partial charge >= 0.3 is 0 Å². The number of hydrogen-bond acceptors (Lipinski definition) is 6. The maximum Gasteiger partial charge on any atom is 0.262 e. The van der Waals surface area contributed by atoms with Crippen LogP contribution in [0.1, 0.15) is 32.2 Å². The molecule has 0 atom stereocenters. The summed E-state index contributed by atoms with van der Waals surface area (Å²) in [6, 6.07) is 15.2. The van der Waals surface area contributed by atoms with E-state index in [4.69, 9.17) is 9.47 Å². The Balaban J connectivity index is 1.39. The van der Waals surface area contributed by atoms with Gasteiger partial charge in [0.05, 0.1) is 12.6 Å². The van der Waals surface area contributed by atoms with Crippen LogP contribution in [0.4, 0.5) is 5.69 Å². The number of carbonyl (C=O) groups excluding carboxylic acids is 1. The molecule has 1 saturated carbocycles. The third-order valence-electron chi connectivity index (χ3n) is 4.46. The van der Waals surface area contributed by atoms with E-state index in [2.05, 4.69) is 20.8 Å². The lowest BCUT2D eigenvalue weighted by Gasteiger charge is -2.12. The number of aromatic nitrogens is 4. The Morgan fingerprint density at radius 3 is 2.69 bits per heavy atom. The van der Waals surface area contributed by atoms with E-state index in [0.717, 1.165) is 24.8 Å². The van der Waals surface area contributed by atoms with Crippen LogP contribution >= 0.6 is 0 Å². The number of carbonyl (C=O) groups is 1. The number of para-hydroxylation sites is 2. The molecule has 0 saturated heterocycles. The van der Waals surface area contributed by atoms with Gasteiger partial charge in [0.1, 0.15) is 0 Å². The number of nitrogens with zero attached hydrogens (tertiary/aromatic N) is 4. The Morgan fingerprint density at radius 1 is 1.14 bits per heavy atom. The van der Waals surface area contributed by atoms with E-state index in [0.29, 0.717) is 35.7 Å². The summed E-state index contributed by atoms with van der Waals surface area (Å²) in [5.74, 6) is 1.64. The molecule has 0 unspecified atom stereocenters. The molecule has 4 rings (SSSR count). The van der Waals surface area contributed by atoms with Gasteiger partial charge in [0.15, 0.2) is 23.9 Å². The van der Waals surface area contributed by atoms with Gasteiger partial charge in [-0.2, -0.15) is 0 Å². The van der Waals surface area contributed by atoms with E-state index >= 15 is 0 Å². The summed E-state index contributed by atoms with van der Waals surface area (Å²) < 4.78 is 13.2. The lowest BCUT2D eigenvalue weighted by atomic mass is 10.2. The quantitative estimate of drug-likeness (QED) is 0.598. The summed E-state index contributed by atoms with van der Waals surface area (Å²) in [4.78, 5) is 12.4. The van der Waals surface area contributed by atoms with Crippen LogP contribution in [-0.2, 0) is 4.79 Å². The Kier molecular flexibility index (Phi) is 5.69. The number of amides is 1. The zero-order valence-electron chi connectivity index (χ0n) is 16.2. The third-order valence-corrected chi connectivity index (χ3v) is 4.46. The maximum atomic E-state index is 12.4. The fraction of sp³-hybridized carbons (Fsp3) is 0.333. The first-order valence-electron chi connectivity index (χ1n) is 9.77. The van der Waals surface area contributed by atoms with E-state index in [1.54, 1.807) is 6.07 Å². The first kappa shape index (κ1) is 18.9. The van der Waals surface area contributed by atoms with Crippen molar-refractivity contribution in [2.45, 2.75) is 32.2 Å². The molecule has 150 valence electrons. The molecule has 1 heterocycles. The number of tetrazole rings is 1. The predicted octanol–water partition coefficient (Wildman–Crippen LogP) is 3.48. The Bertz CT molecular complexity index is 984. The van der Waals surface area contributed by atoms with Gasteiger partial charge in [-0.1, -0.05) is 31.2 Å². The van der Waals surface area contributed by atoms with Crippen molar-refractivity contribution in [3.63, 3.8) is 0 Å². The number of anilines is 1. The van der Waals surface area contributed by atoms with Gasteiger partial charge in [-0.3, -0.25) is 4.79 Å². The van der Waals surface area contributed by atoms with Crippen LogP contribution in [0.15, 0.2) is 48.5 Å². The average molecular weight is 393 g/mol. The van der Waals surface area contributed by atoms with Crippen molar-refractivity contribution in [1.82, 2.24) is 20.2 Å². The van der Waals surface area contributed by atoms with Gasteiger partial charge in [-0.25, -0.2) is 4.68 Å². The Hall–Kier alpha value is -3.42. The molecule has 2 aromatic carbocycles. The second-order valence-corrected chi connectivity index (χ2v) is 6.89. The molecule has 1 amide bonds. The first-order valence-corrected chi connectivity index (χ1v) is 9.77. The van der Waals surface area contributed by atoms with Gasteiger partial charge < -0.3 is 14.8 Å². The van der Waals surface area contributed by atoms with Crippen LogP contribution < -0.4 is 14.8 Å². The fourth-order valence-corrected chi connectivity index (χ4v) is 2.93. The molecule has 1 N–H and O–H groups in total. The molecule has 0 radical (unpaired) electrons. The topological polar surface area (TPSA) is 91.2 Å². The lowest BCUT2D eigenvalue weighted by Crippen LogP contribution is -2.20. The van der Waals surface area contributed by atoms with Gasteiger partial charge in [0, 0.05) is 11.3 Å². The van der Waals surface area contributed by atoms with Crippen molar-refractivity contribution in [2.75, 3.05) is 18.5 Å². The van der Waals surface area contributed by atoms with E-state index in [-0.39, 0.29) is 12.5 Å². The van der Waals surface area contributed by atoms with Crippen molar-refractivity contribution in [2.24, 2.45) is 0 Å². The van der Waals surface area contributed by atoms with E-state index in [9.17, 15) is 4.79 Å². The van der Waals surface area contributed by atoms with E-state index < -0.39 is 0 Å². The van der Waals surface area contributed by atoms with Crippen LogP contribution in [0.2, 0.25) is 0 Å². The molecule has 1 aliphatic rings. The van der Waals surface area contributed by atoms with Crippen LogP contribution in [0.25, 0.3) is 11.4 Å². The molecule has 8 nitrogen and oxygen atoms in total. The van der Waals surface area contributed by atoms with Crippen molar-refractivity contribution in [3.8, 4) is 22.9 Å². The molecule has 3 aromatic rings. The Labute approximate surface area is 168 Å². The van der Waals surface area contributed by atoms with E-state index in [1.165, 1.54) is 0 Å². The highest BCUT2D eigenvalue weighted by molar-refractivity contribution is 5.92. The fourth-order valence-electron chi connectivity index (χ4n) is 2.93. The molecular weight excluding hydrogens is 370 g/mol. The van der Waals surface area contributed by atoms with E-state index in [1.807, 2.05) is 54.1 Å². The smallest absolute Gasteiger partial charge is 0.262 e. The summed E-state index contributed by atoms with van der Waals surface area (Å²) >= 11 is 0. The second kappa shape index (κ2) is 8.72. The number of ether oxygens (including phenoxy) is 2. The summed E-state index contributed by atoms with van der Waals surface area (Å²) in [6.07, 6.45) is 3.08. The van der Waals surface area contributed by atoms with Gasteiger partial charge in [-0.05, 0) is 54.0 Å². The van der Waals surface area contributed by atoms with Crippen molar-refractivity contribution in [1.29, 1.82) is 0 Å². The average Bonchev–Trinajstić information content (AvgIpc) is 3.47. The molecule has 8 heteroatoms. The van der Waals surface area contributed by atoms with Gasteiger partial charge in [0.2, 0.25) is 0 Å². The Morgan fingerprint density at radius 2 is 1.93 bits per heavy atom. The second-order valence-electron chi connectivity index (χ2n) is 6.89. The number of nitrogens with one attached hydrogen (secondary N) is 1. The summed E-state index contributed by atoms with van der Waals surface area (Å²) in [6.45, 7) is 2.52. The highest BCUT2D eigenvalue weighted by Gasteiger charge is 2.28. The minimum Gasteiger partial charge on any atom is -0.490 e. The zero-order valence-corrected chi connectivity index (χ0v) is 16.2. The van der Waals surface area contributed by atoms with Crippen LogP contribution in [0, 0.1) is 0 Å². The SMILES string of the molecule is CCCOc1ccccc1OCC(=O)Nc1cccc(-c2nnnn2C2CC2)c1. The summed E-state index contributed by atoms with van der Waals surface area (Å²) in [5, 5.41) is 14.8. The number of rotatable bonds is 9. The maximum absolute atomic E-state index is 12.4. The molecule has 1 aliphatic carbocycles. The number of hydrogen-bond donors (Lipinski definition) is 1. The molecular formula is C21H23N5O3. The van der Waals surface area contributed by atoms with Crippen LogP contribution in [-0.4, -0.2) is 39.3 Å². The van der Waals surface area contributed by atoms with Gasteiger partial charge in [-0.15, -0.1) is 5.10 Å².